The molecule has 176 valence electrons. The van der Waals surface area contributed by atoms with E-state index >= 15 is 0 Å². The van der Waals surface area contributed by atoms with Crippen LogP contribution in [0.15, 0.2) is 0 Å². The zero-order valence-electron chi connectivity index (χ0n) is 20.3. The Bertz CT molecular complexity index is 483. The van der Waals surface area contributed by atoms with Crippen LogP contribution in [-0.2, 0) is 9.05 Å². The van der Waals surface area contributed by atoms with E-state index in [1.807, 2.05) is 0 Å². The molecule has 3 aliphatic rings. The van der Waals surface area contributed by atoms with Gasteiger partial charge in [-0.2, -0.15) is 0 Å². The minimum absolute atomic E-state index is 0.0983. The SMILES string of the molecule is CCCCC1C(CCCC)C12CCCCOP(O)OC21C(CCCC)C1CCCC. The Kier molecular flexibility index (Phi) is 9.51. The van der Waals surface area contributed by atoms with Crippen molar-refractivity contribution in [2.24, 2.45) is 29.1 Å². The van der Waals surface area contributed by atoms with Crippen LogP contribution in [0.3, 0.4) is 0 Å². The third kappa shape index (κ3) is 4.66. The topological polar surface area (TPSA) is 38.7 Å². The zero-order valence-corrected chi connectivity index (χ0v) is 21.2. The maximum absolute atomic E-state index is 10.8. The molecule has 3 fully saturated rings. The molecule has 1 aliphatic heterocycles. The van der Waals surface area contributed by atoms with Gasteiger partial charge in [0.15, 0.2) is 0 Å². The van der Waals surface area contributed by atoms with Crippen molar-refractivity contribution in [1.82, 2.24) is 0 Å². The van der Waals surface area contributed by atoms with Gasteiger partial charge in [-0.25, -0.2) is 0 Å². The van der Waals surface area contributed by atoms with Gasteiger partial charge in [-0.3, -0.25) is 0 Å². The van der Waals surface area contributed by atoms with E-state index in [9.17, 15) is 4.89 Å². The summed E-state index contributed by atoms with van der Waals surface area (Å²) in [5.74, 6) is 2.89. The first-order valence-electron chi connectivity index (χ1n) is 13.4. The summed E-state index contributed by atoms with van der Waals surface area (Å²) < 4.78 is 12.6. The van der Waals surface area contributed by atoms with E-state index in [4.69, 9.17) is 9.05 Å². The lowest BCUT2D eigenvalue weighted by molar-refractivity contribution is 0.0244. The van der Waals surface area contributed by atoms with Crippen molar-refractivity contribution in [2.45, 2.75) is 130 Å². The largest absolute Gasteiger partial charge is 0.330 e. The fourth-order valence-corrected chi connectivity index (χ4v) is 8.47. The molecule has 4 heteroatoms. The van der Waals surface area contributed by atoms with Crippen molar-refractivity contribution in [3.63, 3.8) is 0 Å². The first kappa shape index (κ1) is 24.9. The maximum atomic E-state index is 10.8. The molecule has 1 saturated heterocycles. The van der Waals surface area contributed by atoms with Crippen molar-refractivity contribution in [2.75, 3.05) is 6.61 Å². The summed E-state index contributed by atoms with van der Waals surface area (Å²) in [5.41, 5.74) is 0.212. The molecule has 2 spiro atoms. The van der Waals surface area contributed by atoms with Crippen LogP contribution in [0.5, 0.6) is 0 Å². The normalized spacial score (nSPS) is 40.9. The van der Waals surface area contributed by atoms with Crippen molar-refractivity contribution in [3.05, 3.63) is 0 Å². The monoisotopic (exact) mass is 440 g/mol. The Labute approximate surface area is 188 Å². The van der Waals surface area contributed by atoms with E-state index in [2.05, 4.69) is 27.7 Å². The average Bonchev–Trinajstić information content (AvgIpc) is 3.57. The minimum Gasteiger partial charge on any atom is -0.328 e. The van der Waals surface area contributed by atoms with Gasteiger partial charge in [0, 0.05) is 5.41 Å². The molecule has 1 heterocycles. The molecule has 2 aliphatic carbocycles. The molecule has 30 heavy (non-hydrogen) atoms. The molecule has 0 aromatic heterocycles. The Hall–Kier alpha value is 0.310. The van der Waals surface area contributed by atoms with Crippen LogP contribution in [0.2, 0.25) is 0 Å². The van der Waals surface area contributed by atoms with E-state index in [0.29, 0.717) is 23.9 Å². The second-order valence-electron chi connectivity index (χ2n) is 10.4. The second kappa shape index (κ2) is 11.4. The van der Waals surface area contributed by atoms with E-state index in [1.54, 1.807) is 0 Å². The van der Waals surface area contributed by atoms with Crippen LogP contribution < -0.4 is 0 Å². The van der Waals surface area contributed by atoms with Gasteiger partial charge in [0.2, 0.25) is 0 Å². The number of hydrogen-bond donors (Lipinski definition) is 1. The Morgan fingerprint density at radius 2 is 1.20 bits per heavy atom. The Balaban J connectivity index is 1.96. The molecule has 0 bridgehead atoms. The molecule has 5 atom stereocenters. The predicted molar refractivity (Wildman–Crippen MR) is 127 cm³/mol. The number of unbranched alkanes of at least 4 members (excludes halogenated alkanes) is 4. The second-order valence-corrected chi connectivity index (χ2v) is 11.4. The van der Waals surface area contributed by atoms with E-state index < -0.39 is 8.60 Å². The van der Waals surface area contributed by atoms with Crippen molar-refractivity contribution >= 4 is 8.60 Å². The molecule has 0 radical (unpaired) electrons. The van der Waals surface area contributed by atoms with Gasteiger partial charge in [-0.1, -0.05) is 85.5 Å². The molecular formula is C26H49O3P. The maximum Gasteiger partial charge on any atom is 0.330 e. The summed E-state index contributed by atoms with van der Waals surface area (Å²) in [4.78, 5) is 10.8. The molecule has 3 rings (SSSR count). The van der Waals surface area contributed by atoms with Gasteiger partial charge in [0.25, 0.3) is 0 Å². The van der Waals surface area contributed by atoms with Gasteiger partial charge in [0.05, 0.1) is 12.2 Å². The van der Waals surface area contributed by atoms with Crippen molar-refractivity contribution in [3.8, 4) is 0 Å². The molecule has 5 unspecified atom stereocenters. The van der Waals surface area contributed by atoms with Gasteiger partial charge >= 0.3 is 8.60 Å². The first-order chi connectivity index (χ1) is 14.6. The summed E-state index contributed by atoms with van der Waals surface area (Å²) in [6.45, 7) is 9.94. The first-order valence-corrected chi connectivity index (χ1v) is 14.6. The fraction of sp³-hybridized carbons (Fsp3) is 1.00. The molecule has 0 amide bonds. The fourth-order valence-electron chi connectivity index (χ4n) is 7.43. The molecule has 0 aromatic carbocycles. The summed E-state index contributed by atoms with van der Waals surface area (Å²) >= 11 is 0. The highest BCUT2D eigenvalue weighted by atomic mass is 31.2. The smallest absolute Gasteiger partial charge is 0.328 e. The summed E-state index contributed by atoms with van der Waals surface area (Å²) in [5, 5.41) is 0. The van der Waals surface area contributed by atoms with E-state index in [1.165, 1.54) is 89.9 Å². The zero-order chi connectivity index (χ0) is 21.6. The highest BCUT2D eigenvalue weighted by Crippen LogP contribution is 2.84. The standard InChI is InChI=1S/C26H49O3P/c1-5-9-15-21-22(16-10-6-2)25(21)19-13-14-20-28-30(27)29-26(25)23(17-11-7-3)24(26)18-12-8-4/h21-24,27H,5-20H2,1-4H3. The van der Waals surface area contributed by atoms with Crippen molar-refractivity contribution < 1.29 is 13.9 Å². The van der Waals surface area contributed by atoms with Crippen molar-refractivity contribution in [1.29, 1.82) is 0 Å². The highest BCUT2D eigenvalue weighted by Gasteiger charge is 2.84. The van der Waals surface area contributed by atoms with Gasteiger partial charge in [-0.05, 0) is 62.2 Å². The number of hydrogen-bond acceptors (Lipinski definition) is 3. The third-order valence-electron chi connectivity index (χ3n) is 8.80. The lowest BCUT2D eigenvalue weighted by atomic mass is 9.81. The van der Waals surface area contributed by atoms with Crippen LogP contribution in [0.25, 0.3) is 0 Å². The van der Waals surface area contributed by atoms with E-state index in [0.717, 1.165) is 18.3 Å². The predicted octanol–water partition coefficient (Wildman–Crippen LogP) is 8.40. The molecule has 1 N–H and O–H groups in total. The summed E-state index contributed by atoms with van der Waals surface area (Å²) in [6.07, 6.45) is 19.2. The van der Waals surface area contributed by atoms with Crippen LogP contribution in [-0.4, -0.2) is 17.1 Å². The van der Waals surface area contributed by atoms with Crippen LogP contribution in [0, 0.1) is 29.1 Å². The van der Waals surface area contributed by atoms with Crippen LogP contribution in [0.1, 0.15) is 124 Å². The molecule has 3 nitrogen and oxygen atoms in total. The Morgan fingerprint density at radius 3 is 1.67 bits per heavy atom. The molecular weight excluding hydrogens is 391 g/mol. The number of rotatable bonds is 12. The van der Waals surface area contributed by atoms with Crippen LogP contribution in [0.4, 0.5) is 0 Å². The number of fused-ring (bicyclic) bond motifs is 1. The summed E-state index contributed by atoms with van der Waals surface area (Å²) in [7, 11) is -1.74. The lowest BCUT2D eigenvalue weighted by Gasteiger charge is -2.33. The van der Waals surface area contributed by atoms with E-state index in [-0.39, 0.29) is 5.60 Å². The highest BCUT2D eigenvalue weighted by molar-refractivity contribution is 7.40. The quantitative estimate of drug-likeness (QED) is 0.310. The molecule has 0 aromatic rings. The van der Waals surface area contributed by atoms with Crippen LogP contribution >= 0.6 is 8.60 Å². The van der Waals surface area contributed by atoms with Gasteiger partial charge < -0.3 is 13.9 Å². The van der Waals surface area contributed by atoms with Gasteiger partial charge in [0.1, 0.15) is 0 Å². The minimum atomic E-state index is -1.74. The van der Waals surface area contributed by atoms with Gasteiger partial charge in [-0.15, -0.1) is 0 Å². The summed E-state index contributed by atoms with van der Waals surface area (Å²) in [6, 6.07) is 0. The third-order valence-corrected chi connectivity index (χ3v) is 9.66. The average molecular weight is 441 g/mol. The lowest BCUT2D eigenvalue weighted by Crippen LogP contribution is -2.34. The Morgan fingerprint density at radius 1 is 0.733 bits per heavy atom. The molecule has 2 saturated carbocycles.